The summed E-state index contributed by atoms with van der Waals surface area (Å²) in [5.41, 5.74) is 0. The second-order valence-electron chi connectivity index (χ2n) is 9.25. The fraction of sp³-hybridized carbons (Fsp3) is 0.640. The van der Waals surface area contributed by atoms with Crippen LogP contribution < -0.4 is 4.74 Å². The van der Waals surface area contributed by atoms with E-state index in [-0.39, 0.29) is 54.9 Å². The third kappa shape index (κ3) is 7.92. The fourth-order valence-corrected chi connectivity index (χ4v) is 4.69. The van der Waals surface area contributed by atoms with Crippen molar-refractivity contribution in [2.75, 3.05) is 26.4 Å². The highest BCUT2D eigenvalue weighted by Gasteiger charge is 2.43. The molecule has 0 spiro atoms. The molecule has 1 saturated carbocycles. The topological polar surface area (TPSA) is 94.5 Å². The smallest absolute Gasteiger partial charge is 0.332 e. The lowest BCUT2D eigenvalue weighted by molar-refractivity contribution is -0.153. The molecule has 190 valence electrons. The second kappa shape index (κ2) is 12.8. The molecule has 1 aliphatic carbocycles. The van der Waals surface area contributed by atoms with Crippen molar-refractivity contribution in [1.29, 1.82) is 0 Å². The largest absolute Gasteiger partial charge is 0.487 e. The van der Waals surface area contributed by atoms with Crippen molar-refractivity contribution in [2.24, 2.45) is 17.8 Å². The number of esters is 1. The lowest BCUT2D eigenvalue weighted by Gasteiger charge is -2.21. The minimum Gasteiger partial charge on any atom is -0.487 e. The molecule has 1 aromatic rings. The van der Waals surface area contributed by atoms with E-state index in [4.69, 9.17) is 30.5 Å². The third-order valence-electron chi connectivity index (χ3n) is 6.14. The van der Waals surface area contributed by atoms with Crippen LogP contribution in [0.3, 0.4) is 0 Å². The Morgan fingerprint density at radius 1 is 1.35 bits per heavy atom. The van der Waals surface area contributed by atoms with Crippen LogP contribution >= 0.6 is 11.6 Å². The maximum Gasteiger partial charge on any atom is 0.332 e. The lowest BCUT2D eigenvalue weighted by Crippen LogP contribution is -2.22. The number of benzene rings is 1. The number of ether oxygens (including phenoxy) is 4. The first kappa shape index (κ1) is 26.9. The van der Waals surface area contributed by atoms with Gasteiger partial charge in [0.05, 0.1) is 31.5 Å². The average Bonchev–Trinajstić information content (AvgIpc) is 2.94. The van der Waals surface area contributed by atoms with Gasteiger partial charge in [-0.05, 0) is 44.7 Å². The molecule has 0 unspecified atom stereocenters. The van der Waals surface area contributed by atoms with Crippen LogP contribution in [0, 0.1) is 23.6 Å². The van der Waals surface area contributed by atoms with Gasteiger partial charge in [0.25, 0.3) is 0 Å². The Kier molecular flexibility index (Phi) is 10.2. The normalized spacial score (nSPS) is 28.0. The summed E-state index contributed by atoms with van der Waals surface area (Å²) in [6.45, 7) is 4.28. The van der Waals surface area contributed by atoms with Gasteiger partial charge in [0.2, 0.25) is 0 Å². The first-order valence-electron chi connectivity index (χ1n) is 11.7. The van der Waals surface area contributed by atoms with E-state index in [1.165, 1.54) is 18.2 Å². The zero-order valence-corrected chi connectivity index (χ0v) is 20.3. The van der Waals surface area contributed by atoms with Crippen LogP contribution in [-0.4, -0.2) is 67.0 Å². The van der Waals surface area contributed by atoms with Gasteiger partial charge in [-0.25, -0.2) is 9.18 Å². The zero-order valence-electron chi connectivity index (χ0n) is 19.6. The van der Waals surface area contributed by atoms with E-state index in [2.05, 4.69) is 0 Å². The first-order chi connectivity index (χ1) is 16.2. The van der Waals surface area contributed by atoms with Gasteiger partial charge in [0.15, 0.2) is 11.6 Å². The summed E-state index contributed by atoms with van der Waals surface area (Å²) in [5.74, 6) is -0.852. The maximum absolute atomic E-state index is 13.8. The molecule has 0 radical (unpaired) electrons. The van der Waals surface area contributed by atoms with Crippen LogP contribution in [-0.2, 0) is 19.0 Å². The number of rotatable bonds is 10. The van der Waals surface area contributed by atoms with Gasteiger partial charge < -0.3 is 29.2 Å². The second-order valence-corrected chi connectivity index (χ2v) is 9.69. The van der Waals surface area contributed by atoms with Crippen LogP contribution in [0.15, 0.2) is 30.4 Å². The number of fused-ring (bicyclic) bond motifs is 1. The van der Waals surface area contributed by atoms with Gasteiger partial charge in [-0.2, -0.15) is 0 Å². The quantitative estimate of drug-likeness (QED) is 0.375. The highest BCUT2D eigenvalue weighted by Crippen LogP contribution is 2.41. The predicted molar refractivity (Wildman–Crippen MR) is 124 cm³/mol. The minimum absolute atomic E-state index is 0.0242. The van der Waals surface area contributed by atoms with Gasteiger partial charge >= 0.3 is 5.97 Å². The van der Waals surface area contributed by atoms with Crippen molar-refractivity contribution >= 4 is 17.6 Å². The number of halogens is 2. The number of aliphatic hydroxyl groups is 2. The Morgan fingerprint density at radius 2 is 2.15 bits per heavy atom. The molecule has 0 aromatic heterocycles. The molecule has 0 amide bonds. The molecule has 34 heavy (non-hydrogen) atoms. The fourth-order valence-electron chi connectivity index (χ4n) is 4.53. The van der Waals surface area contributed by atoms with Crippen molar-refractivity contribution in [3.63, 3.8) is 0 Å². The standard InChI is InChI=1S/C25H34ClFO7/c1-15(2)34-25(30)14-31-11-16-3-6-20-19(22(29)10-23(20)32-12-16)7-5-18(28)13-33-24-9-17(26)4-8-21(24)27/h4-5,7-9,15-16,18-20,22-23,28-29H,3,6,10-14H2,1-2H3/b7-5+/t16-,18-,19-,20-,22-,23+/m1/s1. The van der Waals surface area contributed by atoms with Crippen molar-refractivity contribution in [2.45, 2.75) is 57.5 Å². The van der Waals surface area contributed by atoms with Crippen molar-refractivity contribution in [3.8, 4) is 5.75 Å². The van der Waals surface area contributed by atoms with E-state index in [9.17, 15) is 19.4 Å². The van der Waals surface area contributed by atoms with Crippen molar-refractivity contribution in [1.82, 2.24) is 0 Å². The summed E-state index contributed by atoms with van der Waals surface area (Å²) in [4.78, 5) is 11.6. The minimum atomic E-state index is -0.969. The summed E-state index contributed by atoms with van der Waals surface area (Å²) < 4.78 is 35.8. The molecule has 6 atom stereocenters. The molecule has 1 aliphatic heterocycles. The van der Waals surface area contributed by atoms with Crippen LogP contribution in [0.5, 0.6) is 5.75 Å². The van der Waals surface area contributed by atoms with E-state index in [1.54, 1.807) is 26.0 Å². The van der Waals surface area contributed by atoms with Gasteiger partial charge in [-0.3, -0.25) is 0 Å². The zero-order chi connectivity index (χ0) is 24.7. The molecular weight excluding hydrogens is 467 g/mol. The molecule has 2 N–H and O–H groups in total. The number of carbonyl (C=O) groups excluding carboxylic acids is 1. The predicted octanol–water partition coefficient (Wildman–Crippen LogP) is 3.54. The molecule has 1 saturated heterocycles. The molecule has 9 heteroatoms. The average molecular weight is 501 g/mol. The highest BCUT2D eigenvalue weighted by molar-refractivity contribution is 6.30. The van der Waals surface area contributed by atoms with Gasteiger partial charge in [-0.1, -0.05) is 23.8 Å². The Morgan fingerprint density at radius 3 is 2.91 bits per heavy atom. The van der Waals surface area contributed by atoms with E-state index in [0.717, 1.165) is 12.8 Å². The van der Waals surface area contributed by atoms with Crippen LogP contribution in [0.4, 0.5) is 4.39 Å². The number of aliphatic hydroxyl groups excluding tert-OH is 2. The van der Waals surface area contributed by atoms with E-state index in [1.807, 2.05) is 0 Å². The number of hydrogen-bond donors (Lipinski definition) is 2. The SMILES string of the molecule is CC(C)OC(=O)COC[C@H]1CC[C@@H]2[C@@H](/C=C/[C@@H](O)COc3cc(Cl)ccc3F)[C@H](O)C[C@@H]2OC1. The van der Waals surface area contributed by atoms with E-state index in [0.29, 0.717) is 24.7 Å². The molecule has 7 nitrogen and oxygen atoms in total. The Labute approximate surface area is 204 Å². The third-order valence-corrected chi connectivity index (χ3v) is 6.38. The molecule has 2 fully saturated rings. The van der Waals surface area contributed by atoms with Crippen LogP contribution in [0.25, 0.3) is 0 Å². The molecule has 3 rings (SSSR count). The monoisotopic (exact) mass is 500 g/mol. The summed E-state index contributed by atoms with van der Waals surface area (Å²) in [6, 6.07) is 3.98. The summed E-state index contributed by atoms with van der Waals surface area (Å²) in [6.07, 6.45) is 3.80. The number of hydrogen-bond acceptors (Lipinski definition) is 7. The Hall–Kier alpha value is -1.71. The van der Waals surface area contributed by atoms with E-state index >= 15 is 0 Å². The van der Waals surface area contributed by atoms with Crippen LogP contribution in [0.2, 0.25) is 5.02 Å². The summed E-state index contributed by atoms with van der Waals surface area (Å²) in [5, 5.41) is 21.2. The lowest BCUT2D eigenvalue weighted by atomic mass is 9.87. The van der Waals surface area contributed by atoms with Gasteiger partial charge in [-0.15, -0.1) is 0 Å². The molecule has 0 bridgehead atoms. The molecule has 2 aliphatic rings. The maximum atomic E-state index is 13.8. The Balaban J connectivity index is 1.47. The van der Waals surface area contributed by atoms with Crippen molar-refractivity contribution < 1.29 is 38.3 Å². The first-order valence-corrected chi connectivity index (χ1v) is 12.1. The molecule has 1 heterocycles. The summed E-state index contributed by atoms with van der Waals surface area (Å²) in [7, 11) is 0. The molecule has 1 aromatic carbocycles. The summed E-state index contributed by atoms with van der Waals surface area (Å²) >= 11 is 5.85. The van der Waals surface area contributed by atoms with Gasteiger partial charge in [0, 0.05) is 29.3 Å². The van der Waals surface area contributed by atoms with Gasteiger partial charge in [0.1, 0.15) is 19.3 Å². The Bertz CT molecular complexity index is 833. The van der Waals surface area contributed by atoms with Crippen LogP contribution in [0.1, 0.15) is 33.1 Å². The van der Waals surface area contributed by atoms with Crippen molar-refractivity contribution in [3.05, 3.63) is 41.2 Å². The van der Waals surface area contributed by atoms with E-state index < -0.39 is 18.0 Å². The highest BCUT2D eigenvalue weighted by atomic mass is 35.5. The number of carbonyl (C=O) groups is 1. The molecular formula is C25H34ClFO7.